The zero-order valence-corrected chi connectivity index (χ0v) is 11.6. The molecule has 1 aliphatic rings. The van der Waals surface area contributed by atoms with Crippen molar-refractivity contribution in [1.82, 2.24) is 4.90 Å². The van der Waals surface area contributed by atoms with Crippen LogP contribution >= 0.6 is 0 Å². The number of carbonyl (C=O) groups is 1. The summed E-state index contributed by atoms with van der Waals surface area (Å²) in [5.74, 6) is 3.27. The fourth-order valence-corrected chi connectivity index (χ4v) is 2.04. The van der Waals surface area contributed by atoms with E-state index in [1.54, 1.807) is 4.90 Å². The molecule has 0 N–H and O–H groups in total. The summed E-state index contributed by atoms with van der Waals surface area (Å²) in [6.45, 7) is 1.18. The highest BCUT2D eigenvalue weighted by Crippen LogP contribution is 2.30. The molecule has 3 heteroatoms. The van der Waals surface area contributed by atoms with Crippen molar-refractivity contribution in [1.29, 1.82) is 0 Å². The maximum absolute atomic E-state index is 12.5. The van der Waals surface area contributed by atoms with Gasteiger partial charge >= 0.3 is 0 Å². The molecule has 1 amide bonds. The third-order valence-electron chi connectivity index (χ3n) is 3.35. The molecule has 1 aromatic carbocycles. The monoisotopic (exact) mass is 256 g/mol. The van der Waals surface area contributed by atoms with Gasteiger partial charge in [0.1, 0.15) is 0 Å². The van der Waals surface area contributed by atoms with E-state index in [0.29, 0.717) is 18.0 Å². The Labute approximate surface area is 115 Å². The summed E-state index contributed by atoms with van der Waals surface area (Å²) < 4.78 is 0. The Balaban J connectivity index is 2.15. The van der Waals surface area contributed by atoms with Crippen LogP contribution in [0.25, 0.3) is 0 Å². The Hall–Kier alpha value is -1.95. The largest absolute Gasteiger partial charge is 0.378 e. The van der Waals surface area contributed by atoms with Gasteiger partial charge in [-0.3, -0.25) is 4.79 Å². The van der Waals surface area contributed by atoms with Gasteiger partial charge in [-0.25, -0.2) is 0 Å². The smallest absolute Gasteiger partial charge is 0.254 e. The number of benzene rings is 1. The number of amides is 1. The van der Waals surface area contributed by atoms with Gasteiger partial charge in [-0.2, -0.15) is 0 Å². The van der Waals surface area contributed by atoms with Gasteiger partial charge in [-0.15, -0.1) is 6.42 Å². The molecule has 2 rings (SSSR count). The molecule has 0 radical (unpaired) electrons. The Morgan fingerprint density at radius 2 is 2.16 bits per heavy atom. The third kappa shape index (κ3) is 3.51. The molecule has 1 aromatic rings. The minimum absolute atomic E-state index is 0.0357. The molecule has 1 fully saturated rings. The molecule has 0 aliphatic heterocycles. The predicted molar refractivity (Wildman–Crippen MR) is 78.2 cm³/mol. The van der Waals surface area contributed by atoms with E-state index in [1.165, 1.54) is 12.8 Å². The summed E-state index contributed by atoms with van der Waals surface area (Å²) in [6.07, 6.45) is 7.80. The number of rotatable bonds is 5. The number of carbonyl (C=O) groups excluding carboxylic acids is 1. The van der Waals surface area contributed by atoms with Gasteiger partial charge in [-0.1, -0.05) is 12.0 Å². The van der Waals surface area contributed by atoms with Crippen molar-refractivity contribution >= 4 is 11.6 Å². The average Bonchev–Trinajstić information content (AvgIpc) is 3.21. The van der Waals surface area contributed by atoms with E-state index < -0.39 is 0 Å². The van der Waals surface area contributed by atoms with Crippen LogP contribution in [-0.4, -0.2) is 38.0 Å². The van der Waals surface area contributed by atoms with E-state index in [2.05, 4.69) is 5.92 Å². The minimum atomic E-state index is 0.0357. The Kier molecular flexibility index (Phi) is 4.11. The zero-order valence-electron chi connectivity index (χ0n) is 11.6. The lowest BCUT2D eigenvalue weighted by Crippen LogP contribution is -2.33. The fraction of sp³-hybridized carbons (Fsp3) is 0.438. The fourth-order valence-electron chi connectivity index (χ4n) is 2.04. The Morgan fingerprint density at radius 1 is 1.42 bits per heavy atom. The maximum atomic E-state index is 12.5. The molecule has 0 heterocycles. The molecule has 0 saturated heterocycles. The third-order valence-corrected chi connectivity index (χ3v) is 3.35. The average molecular weight is 256 g/mol. The summed E-state index contributed by atoms with van der Waals surface area (Å²) in [5, 5.41) is 0. The lowest BCUT2D eigenvalue weighted by atomic mass is 10.1. The highest BCUT2D eigenvalue weighted by atomic mass is 16.2. The topological polar surface area (TPSA) is 23.6 Å². The molecule has 19 heavy (non-hydrogen) atoms. The van der Waals surface area contributed by atoms with Crippen molar-refractivity contribution in [3.8, 4) is 12.3 Å². The van der Waals surface area contributed by atoms with Crippen molar-refractivity contribution in [2.45, 2.75) is 12.8 Å². The van der Waals surface area contributed by atoms with Crippen LogP contribution in [0, 0.1) is 18.3 Å². The number of hydrogen-bond donors (Lipinski definition) is 0. The molecular formula is C16H20N2O. The van der Waals surface area contributed by atoms with Crippen LogP contribution in [-0.2, 0) is 0 Å². The molecular weight excluding hydrogens is 236 g/mol. The van der Waals surface area contributed by atoms with Gasteiger partial charge in [0.25, 0.3) is 5.91 Å². The molecule has 1 saturated carbocycles. The lowest BCUT2D eigenvalue weighted by Gasteiger charge is -2.21. The first-order valence-corrected chi connectivity index (χ1v) is 6.62. The van der Waals surface area contributed by atoms with Gasteiger partial charge in [0.2, 0.25) is 0 Å². The van der Waals surface area contributed by atoms with E-state index in [9.17, 15) is 4.79 Å². The highest BCUT2D eigenvalue weighted by molar-refractivity contribution is 5.95. The van der Waals surface area contributed by atoms with Crippen LogP contribution < -0.4 is 4.90 Å². The summed E-state index contributed by atoms with van der Waals surface area (Å²) >= 11 is 0. The second-order valence-corrected chi connectivity index (χ2v) is 5.28. The molecule has 0 unspecified atom stereocenters. The van der Waals surface area contributed by atoms with Gasteiger partial charge < -0.3 is 9.80 Å². The zero-order chi connectivity index (χ0) is 13.8. The van der Waals surface area contributed by atoms with Crippen LogP contribution in [0.4, 0.5) is 5.69 Å². The molecule has 1 aliphatic carbocycles. The first-order valence-electron chi connectivity index (χ1n) is 6.62. The minimum Gasteiger partial charge on any atom is -0.378 e. The van der Waals surface area contributed by atoms with Crippen molar-refractivity contribution in [3.63, 3.8) is 0 Å². The molecule has 0 aromatic heterocycles. The SMILES string of the molecule is C#CCN(CC1CC1)C(=O)c1cccc(N(C)C)c1. The molecule has 0 atom stereocenters. The van der Waals surface area contributed by atoms with E-state index in [0.717, 1.165) is 12.2 Å². The van der Waals surface area contributed by atoms with Gasteiger partial charge in [0.05, 0.1) is 6.54 Å². The molecule has 3 nitrogen and oxygen atoms in total. The molecule has 0 spiro atoms. The van der Waals surface area contributed by atoms with E-state index >= 15 is 0 Å². The van der Waals surface area contributed by atoms with Crippen molar-refractivity contribution < 1.29 is 4.79 Å². The van der Waals surface area contributed by atoms with Crippen molar-refractivity contribution in [3.05, 3.63) is 29.8 Å². The number of nitrogens with zero attached hydrogens (tertiary/aromatic N) is 2. The van der Waals surface area contributed by atoms with E-state index in [-0.39, 0.29) is 5.91 Å². The quantitative estimate of drug-likeness (QED) is 0.754. The van der Waals surface area contributed by atoms with Gasteiger partial charge in [0.15, 0.2) is 0 Å². The summed E-state index contributed by atoms with van der Waals surface area (Å²) in [6, 6.07) is 7.67. The second-order valence-electron chi connectivity index (χ2n) is 5.28. The number of terminal acetylenes is 1. The molecule has 100 valence electrons. The Morgan fingerprint density at radius 3 is 2.74 bits per heavy atom. The first-order chi connectivity index (χ1) is 9.11. The van der Waals surface area contributed by atoms with Crippen LogP contribution in [0.3, 0.4) is 0 Å². The number of hydrogen-bond acceptors (Lipinski definition) is 2. The van der Waals surface area contributed by atoms with E-state index in [4.69, 9.17) is 6.42 Å². The van der Waals surface area contributed by atoms with Crippen LogP contribution in [0.5, 0.6) is 0 Å². The Bertz CT molecular complexity index is 498. The molecule has 0 bridgehead atoms. The van der Waals surface area contributed by atoms with Gasteiger partial charge in [0, 0.05) is 31.9 Å². The van der Waals surface area contributed by atoms with Crippen LogP contribution in [0.1, 0.15) is 23.2 Å². The predicted octanol–water partition coefficient (Wildman–Crippen LogP) is 2.24. The number of anilines is 1. The maximum Gasteiger partial charge on any atom is 0.254 e. The standard InChI is InChI=1S/C16H20N2O/c1-4-10-18(12-13-8-9-13)16(19)14-6-5-7-15(11-14)17(2)3/h1,5-7,11,13H,8-10,12H2,2-3H3. The van der Waals surface area contributed by atoms with Crippen molar-refractivity contribution in [2.75, 3.05) is 32.1 Å². The van der Waals surface area contributed by atoms with Crippen molar-refractivity contribution in [2.24, 2.45) is 5.92 Å². The highest BCUT2D eigenvalue weighted by Gasteiger charge is 2.26. The summed E-state index contributed by atoms with van der Waals surface area (Å²) in [5.41, 5.74) is 1.74. The first kappa shape index (κ1) is 13.5. The lowest BCUT2D eigenvalue weighted by molar-refractivity contribution is 0.0770. The van der Waals surface area contributed by atoms with Crippen LogP contribution in [0.15, 0.2) is 24.3 Å². The normalized spacial score (nSPS) is 13.7. The second kappa shape index (κ2) is 5.79. The summed E-state index contributed by atoms with van der Waals surface area (Å²) in [7, 11) is 3.93. The van der Waals surface area contributed by atoms with E-state index in [1.807, 2.05) is 43.3 Å². The van der Waals surface area contributed by atoms with Gasteiger partial charge in [-0.05, 0) is 37.0 Å². The summed E-state index contributed by atoms with van der Waals surface area (Å²) in [4.78, 5) is 16.3. The van der Waals surface area contributed by atoms with Crippen LogP contribution in [0.2, 0.25) is 0 Å².